The number of fused-ring (bicyclic) bond motifs is 1. The van der Waals surface area contributed by atoms with Gasteiger partial charge in [0.1, 0.15) is 17.1 Å². The molecule has 11 heteroatoms. The van der Waals surface area contributed by atoms with Crippen molar-refractivity contribution in [3.63, 3.8) is 0 Å². The molecule has 0 aliphatic heterocycles. The van der Waals surface area contributed by atoms with Crippen LogP contribution in [-0.2, 0) is 29.8 Å². The summed E-state index contributed by atoms with van der Waals surface area (Å²) < 4.78 is 34.0. The van der Waals surface area contributed by atoms with E-state index in [1.807, 2.05) is 32.0 Å². The van der Waals surface area contributed by atoms with Gasteiger partial charge < -0.3 is 18.9 Å². The minimum atomic E-state index is -3.28. The summed E-state index contributed by atoms with van der Waals surface area (Å²) >= 11 is 0. The van der Waals surface area contributed by atoms with E-state index >= 15 is 0 Å². The second-order valence-electron chi connectivity index (χ2n) is 9.58. The van der Waals surface area contributed by atoms with E-state index < -0.39 is 9.84 Å². The fraction of sp³-hybridized carbons (Fsp3) is 0.222. The molecule has 0 spiro atoms. The van der Waals surface area contributed by atoms with E-state index in [1.165, 1.54) is 26.1 Å². The zero-order valence-corrected chi connectivity index (χ0v) is 22.5. The van der Waals surface area contributed by atoms with Crippen LogP contribution in [0.4, 0.5) is 0 Å². The lowest BCUT2D eigenvalue weighted by atomic mass is 10.0. The Balaban J connectivity index is 1.71. The van der Waals surface area contributed by atoms with Crippen molar-refractivity contribution in [2.24, 2.45) is 14.1 Å². The molecule has 10 nitrogen and oxygen atoms in total. The van der Waals surface area contributed by atoms with E-state index in [2.05, 4.69) is 10.1 Å². The largest absolute Gasteiger partial charge is 0.455 e. The number of rotatable bonds is 6. The third-order valence-electron chi connectivity index (χ3n) is 6.38. The van der Waals surface area contributed by atoms with Gasteiger partial charge in [-0.15, -0.1) is 0 Å². The predicted octanol–water partition coefficient (Wildman–Crippen LogP) is 3.51. The van der Waals surface area contributed by atoms with E-state index in [9.17, 15) is 18.0 Å². The van der Waals surface area contributed by atoms with Gasteiger partial charge >= 0.3 is 0 Å². The fourth-order valence-electron chi connectivity index (χ4n) is 4.48. The molecule has 4 aromatic heterocycles. The summed E-state index contributed by atoms with van der Waals surface area (Å²) in [5.74, 6) is 0.904. The number of H-pyrrole nitrogens is 1. The Kier molecular flexibility index (Phi) is 6.10. The topological polar surface area (TPSA) is 121 Å². The Hall–Kier alpha value is -4.38. The minimum absolute atomic E-state index is 0.228. The van der Waals surface area contributed by atoms with Gasteiger partial charge in [0.15, 0.2) is 15.6 Å². The van der Waals surface area contributed by atoms with Gasteiger partial charge in [-0.05, 0) is 31.0 Å². The summed E-state index contributed by atoms with van der Waals surface area (Å²) in [6.07, 6.45) is 7.60. The molecule has 5 aromatic rings. The molecule has 0 aliphatic carbocycles. The highest BCUT2D eigenvalue weighted by Crippen LogP contribution is 2.38. The molecular weight excluding hydrogens is 506 g/mol. The number of nitrogens with zero attached hydrogens (tertiary/aromatic N) is 4. The smallest absolute Gasteiger partial charge is 0.274 e. The maximum absolute atomic E-state index is 13.1. The van der Waals surface area contributed by atoms with Crippen molar-refractivity contribution in [1.82, 2.24) is 23.9 Å². The Morgan fingerprint density at radius 3 is 2.37 bits per heavy atom. The Morgan fingerprint density at radius 2 is 1.68 bits per heavy atom. The number of hydrogen-bond donors (Lipinski definition) is 1. The zero-order valence-electron chi connectivity index (χ0n) is 21.6. The van der Waals surface area contributed by atoms with Crippen molar-refractivity contribution in [2.45, 2.75) is 19.7 Å². The molecule has 196 valence electrons. The average molecular weight is 534 g/mol. The normalized spacial score (nSPS) is 11.8. The molecule has 38 heavy (non-hydrogen) atoms. The molecule has 0 unspecified atom stereocenters. The van der Waals surface area contributed by atoms with Gasteiger partial charge in [0, 0.05) is 66.6 Å². The van der Waals surface area contributed by atoms with Gasteiger partial charge in [-0.1, -0.05) is 18.2 Å². The van der Waals surface area contributed by atoms with Crippen LogP contribution >= 0.6 is 0 Å². The molecule has 5 rings (SSSR count). The van der Waals surface area contributed by atoms with Crippen LogP contribution in [0.2, 0.25) is 0 Å². The number of ether oxygens (including phenoxy) is 1. The lowest BCUT2D eigenvalue weighted by molar-refractivity contribution is 0.470. The van der Waals surface area contributed by atoms with Gasteiger partial charge in [-0.3, -0.25) is 14.3 Å². The number of pyridine rings is 2. The van der Waals surface area contributed by atoms with Crippen LogP contribution in [0.1, 0.15) is 11.1 Å². The number of aromatic amines is 1. The van der Waals surface area contributed by atoms with Gasteiger partial charge in [0.2, 0.25) is 0 Å². The molecule has 1 N–H and O–H groups in total. The highest BCUT2D eigenvalue weighted by atomic mass is 32.2. The van der Waals surface area contributed by atoms with E-state index in [-0.39, 0.29) is 17.0 Å². The van der Waals surface area contributed by atoms with Crippen molar-refractivity contribution < 1.29 is 13.2 Å². The minimum Gasteiger partial charge on any atom is -0.455 e. The molecule has 0 fully saturated rings. The van der Waals surface area contributed by atoms with Crippen LogP contribution < -0.4 is 15.9 Å². The average Bonchev–Trinajstić information content (AvgIpc) is 3.47. The number of nitrogens with one attached hydrogen (secondary N) is 1. The van der Waals surface area contributed by atoms with Gasteiger partial charge in [-0.2, -0.15) is 5.10 Å². The first-order valence-electron chi connectivity index (χ1n) is 11.8. The molecule has 1 aromatic carbocycles. The van der Waals surface area contributed by atoms with E-state index in [0.717, 1.165) is 17.4 Å². The standard InChI is InChI=1S/C27H27N5O5S/c1-16-7-6-8-17(2)26(16)37-23-14-30(3)24(33)10-19(23)21-13-31(4)27(34)25-20(21)9-22(29-25)18-11-28-32(12-18)15-38(5,35)36/h6-14,29H,15H2,1-5H3. The SMILES string of the molecule is Cc1cccc(C)c1Oc1cn(C)c(=O)cc1-c1cn(C)c(=O)c2[nH]c(-c3cnn(CS(C)(=O)=O)c3)cc12. The van der Waals surface area contributed by atoms with Crippen molar-refractivity contribution in [3.05, 3.63) is 87.0 Å². The van der Waals surface area contributed by atoms with Crippen LogP contribution in [0.3, 0.4) is 0 Å². The highest BCUT2D eigenvalue weighted by Gasteiger charge is 2.19. The van der Waals surface area contributed by atoms with Crippen LogP contribution in [0, 0.1) is 13.8 Å². The summed E-state index contributed by atoms with van der Waals surface area (Å²) in [7, 11) is 0.0184. The number of hydrogen-bond acceptors (Lipinski definition) is 6. The van der Waals surface area contributed by atoms with E-state index in [1.54, 1.807) is 38.8 Å². The maximum Gasteiger partial charge on any atom is 0.274 e. The van der Waals surface area contributed by atoms with Crippen LogP contribution in [0.5, 0.6) is 11.5 Å². The first kappa shape index (κ1) is 25.3. The Bertz CT molecular complexity index is 1920. The van der Waals surface area contributed by atoms with Gasteiger partial charge in [0.25, 0.3) is 11.1 Å². The zero-order chi connectivity index (χ0) is 27.4. The third-order valence-corrected chi connectivity index (χ3v) is 7.11. The molecule has 4 heterocycles. The molecule has 0 atom stereocenters. The van der Waals surface area contributed by atoms with Crippen molar-refractivity contribution >= 4 is 20.7 Å². The second kappa shape index (κ2) is 9.18. The molecule has 0 bridgehead atoms. The lowest BCUT2D eigenvalue weighted by Crippen LogP contribution is -2.18. The molecule has 0 saturated carbocycles. The van der Waals surface area contributed by atoms with Crippen molar-refractivity contribution in [1.29, 1.82) is 0 Å². The van der Waals surface area contributed by atoms with Gasteiger partial charge in [0.05, 0.1) is 12.4 Å². The summed E-state index contributed by atoms with van der Waals surface area (Å²) in [6.45, 7) is 3.91. The maximum atomic E-state index is 13.1. The molecule has 0 radical (unpaired) electrons. The first-order chi connectivity index (χ1) is 17.9. The summed E-state index contributed by atoms with van der Waals surface area (Å²) in [5, 5.41) is 4.73. The van der Waals surface area contributed by atoms with E-state index in [4.69, 9.17) is 4.74 Å². The number of para-hydroxylation sites is 1. The summed E-state index contributed by atoms with van der Waals surface area (Å²) in [4.78, 5) is 29.0. The van der Waals surface area contributed by atoms with Crippen molar-refractivity contribution in [2.75, 3.05) is 6.26 Å². The fourth-order valence-corrected chi connectivity index (χ4v) is 5.11. The summed E-state index contributed by atoms with van der Waals surface area (Å²) in [6, 6.07) is 9.16. The van der Waals surface area contributed by atoms with E-state index in [0.29, 0.717) is 44.8 Å². The number of aryl methyl sites for hydroxylation is 4. The molecular formula is C27H27N5O5S. The highest BCUT2D eigenvalue weighted by molar-refractivity contribution is 7.89. The molecule has 0 aliphatic rings. The van der Waals surface area contributed by atoms with Crippen LogP contribution in [0.25, 0.3) is 33.3 Å². The monoisotopic (exact) mass is 533 g/mol. The second-order valence-corrected chi connectivity index (χ2v) is 11.7. The number of sulfone groups is 1. The van der Waals surface area contributed by atoms with Crippen LogP contribution in [0.15, 0.2) is 64.7 Å². The predicted molar refractivity (Wildman–Crippen MR) is 146 cm³/mol. The van der Waals surface area contributed by atoms with Gasteiger partial charge in [-0.25, -0.2) is 8.42 Å². The summed E-state index contributed by atoms with van der Waals surface area (Å²) in [5.41, 5.74) is 4.14. The Morgan fingerprint density at radius 1 is 0.974 bits per heavy atom. The quantitative estimate of drug-likeness (QED) is 0.357. The first-order valence-corrected chi connectivity index (χ1v) is 13.9. The van der Waals surface area contributed by atoms with Crippen LogP contribution in [-0.4, -0.2) is 38.6 Å². The number of aromatic nitrogens is 5. The lowest BCUT2D eigenvalue weighted by Gasteiger charge is -2.17. The number of benzene rings is 1. The molecule has 0 saturated heterocycles. The van der Waals surface area contributed by atoms with Crippen molar-refractivity contribution in [3.8, 4) is 33.9 Å². The molecule has 0 amide bonds. The third kappa shape index (κ3) is 4.68. The Labute approximate surface area is 218 Å².